The summed E-state index contributed by atoms with van der Waals surface area (Å²) >= 11 is 0. The number of nitrogens with zero attached hydrogens (tertiary/aromatic N) is 3. The van der Waals surface area contributed by atoms with E-state index in [2.05, 4.69) is 15.3 Å². The molecule has 0 unspecified atom stereocenters. The fourth-order valence-corrected chi connectivity index (χ4v) is 2.68. The van der Waals surface area contributed by atoms with Crippen molar-refractivity contribution in [3.05, 3.63) is 11.4 Å². The Morgan fingerprint density at radius 3 is 2.33 bits per heavy atom. The number of aryl methyl sites for hydroxylation is 1. The van der Waals surface area contributed by atoms with Gasteiger partial charge in [-0.05, 0) is 33.6 Å². The second-order valence-electron chi connectivity index (χ2n) is 5.40. The SMILES string of the molecule is CCNc1nc(C)nc(N2CCC(C(F)(F)F)CC2)c1C. The van der Waals surface area contributed by atoms with Crippen LogP contribution in [0, 0.1) is 19.8 Å². The third-order valence-electron chi connectivity index (χ3n) is 3.83. The van der Waals surface area contributed by atoms with Gasteiger partial charge in [0.05, 0.1) is 5.92 Å². The molecule has 1 fully saturated rings. The van der Waals surface area contributed by atoms with Gasteiger partial charge in [-0.15, -0.1) is 0 Å². The van der Waals surface area contributed by atoms with Crippen LogP contribution in [0.1, 0.15) is 31.2 Å². The number of piperidine rings is 1. The molecule has 1 saturated heterocycles. The Morgan fingerprint density at radius 2 is 1.81 bits per heavy atom. The molecule has 0 saturated carbocycles. The lowest BCUT2D eigenvalue weighted by molar-refractivity contribution is -0.179. The highest BCUT2D eigenvalue weighted by molar-refractivity contribution is 5.58. The lowest BCUT2D eigenvalue weighted by atomic mass is 9.96. The monoisotopic (exact) mass is 302 g/mol. The standard InChI is InChI=1S/C14H21F3N4/c1-4-18-12-9(2)13(20-10(3)19-12)21-7-5-11(6-8-21)14(15,16)17/h11H,4-8H2,1-3H3,(H,18,19,20). The smallest absolute Gasteiger partial charge is 0.370 e. The topological polar surface area (TPSA) is 41.1 Å². The van der Waals surface area contributed by atoms with Crippen molar-refractivity contribution in [3.63, 3.8) is 0 Å². The van der Waals surface area contributed by atoms with Crippen molar-refractivity contribution in [1.82, 2.24) is 9.97 Å². The minimum absolute atomic E-state index is 0.128. The van der Waals surface area contributed by atoms with E-state index in [1.165, 1.54) is 0 Å². The number of alkyl halides is 3. The Morgan fingerprint density at radius 1 is 1.19 bits per heavy atom. The number of nitrogens with one attached hydrogen (secondary N) is 1. The number of rotatable bonds is 3. The van der Waals surface area contributed by atoms with Gasteiger partial charge in [0.2, 0.25) is 0 Å². The van der Waals surface area contributed by atoms with Gasteiger partial charge in [0.1, 0.15) is 17.5 Å². The quantitative estimate of drug-likeness (QED) is 0.930. The summed E-state index contributed by atoms with van der Waals surface area (Å²) in [4.78, 5) is 10.7. The first kappa shape index (κ1) is 15.9. The number of hydrogen-bond donors (Lipinski definition) is 1. The van der Waals surface area contributed by atoms with Gasteiger partial charge in [-0.1, -0.05) is 0 Å². The highest BCUT2D eigenvalue weighted by Crippen LogP contribution is 2.36. The number of hydrogen-bond acceptors (Lipinski definition) is 4. The molecular formula is C14H21F3N4. The molecule has 0 amide bonds. The zero-order valence-electron chi connectivity index (χ0n) is 12.6. The maximum atomic E-state index is 12.7. The number of aromatic nitrogens is 2. The molecule has 0 aromatic carbocycles. The average molecular weight is 302 g/mol. The van der Waals surface area contributed by atoms with Crippen molar-refractivity contribution in [2.45, 2.75) is 39.8 Å². The first-order chi connectivity index (χ1) is 9.82. The summed E-state index contributed by atoms with van der Waals surface area (Å²) < 4.78 is 38.2. The van der Waals surface area contributed by atoms with Crippen LogP contribution in [0.5, 0.6) is 0 Å². The molecule has 0 spiro atoms. The van der Waals surface area contributed by atoms with E-state index >= 15 is 0 Å². The Balaban J connectivity index is 2.17. The van der Waals surface area contributed by atoms with Gasteiger partial charge >= 0.3 is 6.18 Å². The summed E-state index contributed by atoms with van der Waals surface area (Å²) in [6.45, 7) is 7.19. The maximum Gasteiger partial charge on any atom is 0.391 e. The van der Waals surface area contributed by atoms with Gasteiger partial charge in [-0.25, -0.2) is 9.97 Å². The molecule has 118 valence electrons. The largest absolute Gasteiger partial charge is 0.391 e. The van der Waals surface area contributed by atoms with Crippen LogP contribution in [-0.4, -0.2) is 35.8 Å². The Labute approximate surface area is 122 Å². The molecule has 0 aliphatic carbocycles. The van der Waals surface area contributed by atoms with E-state index in [0.29, 0.717) is 18.9 Å². The highest BCUT2D eigenvalue weighted by Gasteiger charge is 2.41. The number of halogens is 3. The van der Waals surface area contributed by atoms with Crippen molar-refractivity contribution in [3.8, 4) is 0 Å². The van der Waals surface area contributed by atoms with E-state index in [1.807, 2.05) is 18.7 Å². The lowest BCUT2D eigenvalue weighted by Gasteiger charge is -2.34. The maximum absolute atomic E-state index is 12.7. The second kappa shape index (κ2) is 6.07. The zero-order valence-corrected chi connectivity index (χ0v) is 12.6. The lowest BCUT2D eigenvalue weighted by Crippen LogP contribution is -2.39. The molecular weight excluding hydrogens is 281 g/mol. The fourth-order valence-electron chi connectivity index (χ4n) is 2.68. The normalized spacial score (nSPS) is 17.1. The highest BCUT2D eigenvalue weighted by atomic mass is 19.4. The molecule has 0 radical (unpaired) electrons. The molecule has 1 aromatic rings. The minimum atomic E-state index is -4.09. The summed E-state index contributed by atoms with van der Waals surface area (Å²) in [5.74, 6) is 0.951. The number of anilines is 2. The van der Waals surface area contributed by atoms with Crippen molar-refractivity contribution in [2.24, 2.45) is 5.92 Å². The summed E-state index contributed by atoms with van der Waals surface area (Å²) in [7, 11) is 0. The van der Waals surface area contributed by atoms with Crippen LogP contribution >= 0.6 is 0 Å². The summed E-state index contributed by atoms with van der Waals surface area (Å²) in [5.41, 5.74) is 0.896. The van der Waals surface area contributed by atoms with Gasteiger partial charge < -0.3 is 10.2 Å². The molecule has 0 atom stereocenters. The van der Waals surface area contributed by atoms with Crippen molar-refractivity contribution in [1.29, 1.82) is 0 Å². The minimum Gasteiger partial charge on any atom is -0.370 e. The van der Waals surface area contributed by atoms with Crippen LogP contribution in [0.2, 0.25) is 0 Å². The predicted molar refractivity (Wildman–Crippen MR) is 76.7 cm³/mol. The first-order valence-corrected chi connectivity index (χ1v) is 7.23. The fraction of sp³-hybridized carbons (Fsp3) is 0.714. The van der Waals surface area contributed by atoms with E-state index in [-0.39, 0.29) is 12.8 Å². The average Bonchev–Trinajstić information content (AvgIpc) is 2.42. The van der Waals surface area contributed by atoms with Crippen LogP contribution in [0.4, 0.5) is 24.8 Å². The van der Waals surface area contributed by atoms with Gasteiger partial charge in [-0.3, -0.25) is 0 Å². The van der Waals surface area contributed by atoms with Crippen LogP contribution in [0.25, 0.3) is 0 Å². The molecule has 2 heterocycles. The Kier molecular flexibility index (Phi) is 4.58. The van der Waals surface area contributed by atoms with Gasteiger partial charge in [0.25, 0.3) is 0 Å². The van der Waals surface area contributed by atoms with Crippen molar-refractivity contribution in [2.75, 3.05) is 29.9 Å². The first-order valence-electron chi connectivity index (χ1n) is 7.23. The van der Waals surface area contributed by atoms with Crippen molar-refractivity contribution < 1.29 is 13.2 Å². The van der Waals surface area contributed by atoms with E-state index < -0.39 is 12.1 Å². The van der Waals surface area contributed by atoms with Crippen LogP contribution in [-0.2, 0) is 0 Å². The zero-order chi connectivity index (χ0) is 15.6. The molecule has 1 aliphatic heterocycles. The Bertz CT molecular complexity index is 494. The molecule has 1 aromatic heterocycles. The second-order valence-corrected chi connectivity index (χ2v) is 5.40. The van der Waals surface area contributed by atoms with Gasteiger partial charge in [0, 0.05) is 25.2 Å². The molecule has 1 aliphatic rings. The summed E-state index contributed by atoms with van der Waals surface area (Å²) in [6.07, 6.45) is -3.83. The van der Waals surface area contributed by atoms with Gasteiger partial charge in [-0.2, -0.15) is 13.2 Å². The molecule has 2 rings (SSSR count). The van der Waals surface area contributed by atoms with Crippen LogP contribution in [0.15, 0.2) is 0 Å². The van der Waals surface area contributed by atoms with E-state index in [4.69, 9.17) is 0 Å². The third-order valence-corrected chi connectivity index (χ3v) is 3.83. The Hall–Kier alpha value is -1.53. The molecule has 0 bridgehead atoms. The molecule has 4 nitrogen and oxygen atoms in total. The molecule has 21 heavy (non-hydrogen) atoms. The van der Waals surface area contributed by atoms with E-state index in [9.17, 15) is 13.2 Å². The molecule has 1 N–H and O–H groups in total. The van der Waals surface area contributed by atoms with Gasteiger partial charge in [0.15, 0.2) is 0 Å². The summed E-state index contributed by atoms with van der Waals surface area (Å²) in [6, 6.07) is 0. The van der Waals surface area contributed by atoms with E-state index in [0.717, 1.165) is 23.7 Å². The van der Waals surface area contributed by atoms with Crippen molar-refractivity contribution >= 4 is 11.6 Å². The van der Waals surface area contributed by atoms with E-state index in [1.54, 1.807) is 6.92 Å². The molecule has 7 heteroatoms. The van der Waals surface area contributed by atoms with Crippen LogP contribution < -0.4 is 10.2 Å². The third kappa shape index (κ3) is 3.57. The summed E-state index contributed by atoms with van der Waals surface area (Å²) in [5, 5.41) is 3.17. The predicted octanol–water partition coefficient (Wildman–Crippen LogP) is 3.30. The van der Waals surface area contributed by atoms with Crippen LogP contribution in [0.3, 0.4) is 0 Å².